The number of aliphatic hydroxyl groups is 1. The van der Waals surface area contributed by atoms with E-state index in [1.165, 1.54) is 20.3 Å². The van der Waals surface area contributed by atoms with Gasteiger partial charge in [0.05, 0.1) is 20.3 Å². The molecule has 262 valence electrons. The smallest absolute Gasteiger partial charge is 0.200 e. The van der Waals surface area contributed by atoms with Crippen molar-refractivity contribution in [1.82, 2.24) is 4.98 Å². The lowest BCUT2D eigenvalue weighted by Gasteiger charge is -2.29. The standard InChI is InChI=1S/C41H40N2O8/c1-50-36-14-22(4-10-33(36)46)3-9-32(45)30-13-23-11-12-42-38(15-23)43-31-8-7-26-18-29(44)17-25-6-5-24(40(31)39(25)26)16-27(19-34(30)47)28-20-35(48)41(49)37(21-28)51-2/h4-8,10-12,14-15,17-18,20-21,24,27,30,32,44-46,48-49H,3,9,13,16,19H2,1-2H3,(H,42,43)/t24-,27-,30+,32+/m0/s1. The number of carbonyl (C=O) groups excluding carboxylic acids is 1. The van der Waals surface area contributed by atoms with Gasteiger partial charge in [0.2, 0.25) is 5.75 Å². The van der Waals surface area contributed by atoms with Gasteiger partial charge in [-0.05, 0) is 125 Å². The highest BCUT2D eigenvalue weighted by Gasteiger charge is 2.33. The number of nitrogens with one attached hydrogen (secondary N) is 1. The number of hydrogen-bond donors (Lipinski definition) is 6. The van der Waals surface area contributed by atoms with E-state index in [-0.39, 0.29) is 59.7 Å². The molecule has 4 aromatic carbocycles. The first-order valence-electron chi connectivity index (χ1n) is 17.0. The molecule has 6 N–H and O–H groups in total. The van der Waals surface area contributed by atoms with Crippen molar-refractivity contribution in [2.24, 2.45) is 5.92 Å². The van der Waals surface area contributed by atoms with Gasteiger partial charge in [-0.1, -0.05) is 24.3 Å². The fraction of sp³-hybridized carbons (Fsp3) is 0.268. The van der Waals surface area contributed by atoms with Gasteiger partial charge in [-0.3, -0.25) is 4.79 Å². The average molecular weight is 689 g/mol. The third kappa shape index (κ3) is 6.74. The Morgan fingerprint density at radius 2 is 1.73 bits per heavy atom. The first kappa shape index (κ1) is 33.7. The van der Waals surface area contributed by atoms with Crippen LogP contribution >= 0.6 is 0 Å². The molecule has 0 radical (unpaired) electrons. The number of benzene rings is 4. The zero-order valence-corrected chi connectivity index (χ0v) is 28.3. The van der Waals surface area contributed by atoms with Gasteiger partial charge in [0.25, 0.3) is 0 Å². The van der Waals surface area contributed by atoms with E-state index in [4.69, 9.17) is 9.47 Å². The van der Waals surface area contributed by atoms with Gasteiger partial charge >= 0.3 is 0 Å². The third-order valence-corrected chi connectivity index (χ3v) is 10.2. The molecule has 1 aliphatic heterocycles. The Balaban J connectivity index is 1.31. The number of aromatic nitrogens is 1. The van der Waals surface area contributed by atoms with Crippen LogP contribution < -0.4 is 14.8 Å². The Kier molecular flexibility index (Phi) is 9.18. The molecule has 51 heavy (non-hydrogen) atoms. The minimum atomic E-state index is -0.999. The summed E-state index contributed by atoms with van der Waals surface area (Å²) in [5, 5.41) is 58.8. The van der Waals surface area contributed by atoms with Crippen LogP contribution in [0.4, 0.5) is 11.5 Å². The molecule has 10 heteroatoms. The maximum absolute atomic E-state index is 14.6. The number of ether oxygens (including phenoxy) is 2. The lowest BCUT2D eigenvalue weighted by Crippen LogP contribution is -2.32. The van der Waals surface area contributed by atoms with Gasteiger partial charge in [-0.2, -0.15) is 0 Å². The van der Waals surface area contributed by atoms with Crippen LogP contribution in [0.3, 0.4) is 0 Å². The molecule has 0 saturated carbocycles. The number of anilines is 2. The lowest BCUT2D eigenvalue weighted by molar-refractivity contribution is -0.127. The van der Waals surface area contributed by atoms with Crippen molar-refractivity contribution in [3.8, 4) is 34.5 Å². The first-order chi connectivity index (χ1) is 24.6. The average Bonchev–Trinajstić information content (AvgIpc) is 3.12. The van der Waals surface area contributed by atoms with Gasteiger partial charge < -0.3 is 40.3 Å². The molecule has 5 aromatic rings. The zero-order valence-electron chi connectivity index (χ0n) is 28.3. The number of hydrogen-bond acceptors (Lipinski definition) is 10. The SMILES string of the molecule is COc1cc(CC[C@@H](O)[C@H]2Cc3ccnc(c3)Nc3ccc4cc(O)cc5c4c3[C@@H](C=C5)C[C@H](c3cc(O)c(O)c(OC)c3)CC2=O)ccc1O. The highest BCUT2D eigenvalue weighted by atomic mass is 16.5. The van der Waals surface area contributed by atoms with Crippen molar-refractivity contribution in [2.75, 3.05) is 19.5 Å². The topological polar surface area (TPSA) is 162 Å². The van der Waals surface area contributed by atoms with Gasteiger partial charge in [0, 0.05) is 30.1 Å². The Bertz CT molecular complexity index is 2160. The molecule has 0 fully saturated rings. The van der Waals surface area contributed by atoms with Crippen LogP contribution in [0.25, 0.3) is 16.8 Å². The van der Waals surface area contributed by atoms with Crippen LogP contribution in [-0.2, 0) is 17.6 Å². The predicted octanol–water partition coefficient (Wildman–Crippen LogP) is 7.23. The van der Waals surface area contributed by atoms with Gasteiger partial charge in [-0.25, -0.2) is 4.98 Å². The number of ketones is 1. The highest BCUT2D eigenvalue weighted by molar-refractivity contribution is 6.00. The minimum absolute atomic E-state index is 0.0228. The molecule has 2 bridgehead atoms. The predicted molar refractivity (Wildman–Crippen MR) is 194 cm³/mol. The Hall–Kier alpha value is -5.74. The monoisotopic (exact) mass is 688 g/mol. The van der Waals surface area contributed by atoms with Crippen molar-refractivity contribution < 1.29 is 39.8 Å². The molecule has 0 amide bonds. The van der Waals surface area contributed by atoms with Gasteiger partial charge in [0.15, 0.2) is 23.0 Å². The highest BCUT2D eigenvalue weighted by Crippen LogP contribution is 2.48. The Morgan fingerprint density at radius 3 is 2.53 bits per heavy atom. The number of methoxy groups -OCH3 is 2. The van der Waals surface area contributed by atoms with E-state index in [2.05, 4.69) is 16.4 Å². The normalized spacial score (nSPS) is 19.0. The van der Waals surface area contributed by atoms with E-state index in [1.54, 1.807) is 42.6 Å². The summed E-state index contributed by atoms with van der Waals surface area (Å²) in [5.41, 5.74) is 4.99. The summed E-state index contributed by atoms with van der Waals surface area (Å²) in [6.45, 7) is 0. The summed E-state index contributed by atoms with van der Waals surface area (Å²) >= 11 is 0. The number of nitrogens with zero attached hydrogens (tertiary/aromatic N) is 1. The molecule has 1 aromatic heterocycles. The molecule has 0 unspecified atom stereocenters. The molecule has 10 nitrogen and oxygen atoms in total. The van der Waals surface area contributed by atoms with Crippen LogP contribution in [0.5, 0.6) is 34.5 Å². The summed E-state index contributed by atoms with van der Waals surface area (Å²) in [7, 11) is 2.88. The molecule has 4 atom stereocenters. The molecule has 2 aliphatic rings. The minimum Gasteiger partial charge on any atom is -0.508 e. The van der Waals surface area contributed by atoms with E-state index in [9.17, 15) is 30.3 Å². The third-order valence-electron chi connectivity index (χ3n) is 10.2. The van der Waals surface area contributed by atoms with E-state index < -0.39 is 17.9 Å². The van der Waals surface area contributed by atoms with Crippen molar-refractivity contribution in [3.63, 3.8) is 0 Å². The summed E-state index contributed by atoms with van der Waals surface area (Å²) in [6.07, 6.45) is 6.25. The van der Waals surface area contributed by atoms with Crippen LogP contribution in [0.2, 0.25) is 0 Å². The summed E-state index contributed by atoms with van der Waals surface area (Å²) < 4.78 is 10.7. The van der Waals surface area contributed by atoms with E-state index in [0.717, 1.165) is 38.7 Å². The largest absolute Gasteiger partial charge is 0.508 e. The molecular formula is C41H40N2O8. The zero-order chi connectivity index (χ0) is 35.8. The molecule has 7 rings (SSSR count). The first-order valence-corrected chi connectivity index (χ1v) is 17.0. The number of fused-ring (bicyclic) bond motifs is 2. The van der Waals surface area contributed by atoms with Crippen LogP contribution in [0.1, 0.15) is 58.9 Å². The van der Waals surface area contributed by atoms with E-state index >= 15 is 0 Å². The van der Waals surface area contributed by atoms with Crippen molar-refractivity contribution in [3.05, 3.63) is 107 Å². The summed E-state index contributed by atoms with van der Waals surface area (Å²) in [5.74, 6) is -1.10. The maximum atomic E-state index is 14.6. The maximum Gasteiger partial charge on any atom is 0.200 e. The number of phenolic OH excluding ortho intramolecular Hbond substituents is 4. The second kappa shape index (κ2) is 13.9. The van der Waals surface area contributed by atoms with Crippen molar-refractivity contribution in [1.29, 1.82) is 0 Å². The molecular weight excluding hydrogens is 648 g/mol. The van der Waals surface area contributed by atoms with Crippen LogP contribution in [-0.4, -0.2) is 56.6 Å². The number of aliphatic hydroxyl groups excluding tert-OH is 1. The number of carbonyl (C=O) groups is 1. The molecule has 0 saturated heterocycles. The fourth-order valence-electron chi connectivity index (χ4n) is 7.61. The number of allylic oxidation sites excluding steroid dienone is 1. The van der Waals surface area contributed by atoms with E-state index in [0.29, 0.717) is 30.0 Å². The summed E-state index contributed by atoms with van der Waals surface area (Å²) in [4.78, 5) is 19.2. The number of rotatable bonds is 7. The molecule has 1 aliphatic carbocycles. The van der Waals surface area contributed by atoms with Crippen molar-refractivity contribution >= 4 is 34.1 Å². The fourth-order valence-corrected chi connectivity index (χ4v) is 7.61. The Morgan fingerprint density at radius 1 is 0.902 bits per heavy atom. The van der Waals surface area contributed by atoms with Gasteiger partial charge in [-0.15, -0.1) is 0 Å². The number of pyridine rings is 1. The van der Waals surface area contributed by atoms with Crippen LogP contribution in [0, 0.1) is 5.92 Å². The molecule has 2 heterocycles. The van der Waals surface area contributed by atoms with Gasteiger partial charge in [0.1, 0.15) is 17.4 Å². The van der Waals surface area contributed by atoms with Crippen LogP contribution in [0.15, 0.2) is 79.0 Å². The number of aryl methyl sites for hydroxylation is 1. The second-order valence-electron chi connectivity index (χ2n) is 13.4. The van der Waals surface area contributed by atoms with Crippen molar-refractivity contribution in [2.45, 2.75) is 50.0 Å². The number of aromatic hydroxyl groups is 4. The number of Topliss-reactive ketones (excluding diaryl/α,β-unsaturated/α-hetero) is 1. The number of phenols is 4. The second-order valence-corrected chi connectivity index (χ2v) is 13.4. The van der Waals surface area contributed by atoms with E-state index in [1.807, 2.05) is 30.3 Å². The Labute approximate surface area is 295 Å². The lowest BCUT2D eigenvalue weighted by atomic mass is 9.75. The molecule has 0 spiro atoms. The quantitative estimate of drug-likeness (QED) is 0.0963. The summed E-state index contributed by atoms with van der Waals surface area (Å²) in [6, 6.07) is 19.3.